The monoisotopic (exact) mass is 485 g/mol. The van der Waals surface area contributed by atoms with Gasteiger partial charge in [-0.2, -0.15) is 13.1 Å². The van der Waals surface area contributed by atoms with E-state index in [2.05, 4.69) is 25.5 Å². The van der Waals surface area contributed by atoms with Crippen LogP contribution in [-0.2, 0) is 19.3 Å². The summed E-state index contributed by atoms with van der Waals surface area (Å²) in [6.07, 6.45) is 7.77. The zero-order valence-electron chi connectivity index (χ0n) is 20.6. The summed E-state index contributed by atoms with van der Waals surface area (Å²) in [6, 6.07) is 0. The SMILES string of the molecule is CNS(=O)(=O)OC1CC2C[C@H](O)CCC2(C)[C@H]2CCC3(C)C([C@H](C)CCC(=O)O)CC[C@H]3C12. The lowest BCUT2D eigenvalue weighted by atomic mass is 9.43. The second-order valence-electron chi connectivity index (χ2n) is 12.1. The molecule has 7 nitrogen and oxygen atoms in total. The molecule has 0 saturated heterocycles. The summed E-state index contributed by atoms with van der Waals surface area (Å²) in [5, 5.41) is 19.6. The molecule has 0 radical (unpaired) electrons. The number of nitrogens with one attached hydrogen (secondary N) is 1. The number of carboxylic acid groups (broad SMARTS) is 1. The highest BCUT2D eigenvalue weighted by Gasteiger charge is 2.63. The molecular formula is C25H43NO6S. The molecule has 190 valence electrons. The molecule has 10 atom stereocenters. The van der Waals surface area contributed by atoms with Crippen molar-refractivity contribution in [3.8, 4) is 0 Å². The van der Waals surface area contributed by atoms with Crippen LogP contribution in [0.1, 0.15) is 85.0 Å². The molecular weight excluding hydrogens is 442 g/mol. The van der Waals surface area contributed by atoms with Crippen LogP contribution in [0.4, 0.5) is 0 Å². The van der Waals surface area contributed by atoms with E-state index in [-0.39, 0.29) is 41.3 Å². The van der Waals surface area contributed by atoms with Crippen LogP contribution in [0.5, 0.6) is 0 Å². The highest BCUT2D eigenvalue weighted by molar-refractivity contribution is 7.84. The van der Waals surface area contributed by atoms with Gasteiger partial charge in [-0.3, -0.25) is 8.98 Å². The van der Waals surface area contributed by atoms with Gasteiger partial charge >= 0.3 is 16.3 Å². The molecule has 8 heteroatoms. The smallest absolute Gasteiger partial charge is 0.335 e. The summed E-state index contributed by atoms with van der Waals surface area (Å²) in [5.74, 6) is 1.30. The van der Waals surface area contributed by atoms with E-state index >= 15 is 0 Å². The molecule has 0 aromatic rings. The van der Waals surface area contributed by atoms with E-state index in [1.165, 1.54) is 7.05 Å². The van der Waals surface area contributed by atoms with Gasteiger partial charge in [-0.05, 0) is 104 Å². The first-order valence-corrected chi connectivity index (χ1v) is 14.3. The van der Waals surface area contributed by atoms with E-state index in [9.17, 15) is 23.4 Å². The Balaban J connectivity index is 1.65. The van der Waals surface area contributed by atoms with E-state index in [1.807, 2.05) is 0 Å². The fourth-order valence-corrected chi connectivity index (χ4v) is 9.64. The zero-order chi connectivity index (χ0) is 24.2. The quantitative estimate of drug-likeness (QED) is 0.503. The second kappa shape index (κ2) is 9.07. The van der Waals surface area contributed by atoms with Crippen molar-refractivity contribution in [3.05, 3.63) is 0 Å². The molecule has 0 amide bonds. The molecule has 0 aliphatic heterocycles. The number of rotatable bonds is 7. The third kappa shape index (κ3) is 4.50. The predicted molar refractivity (Wildman–Crippen MR) is 125 cm³/mol. The van der Waals surface area contributed by atoms with E-state index in [1.54, 1.807) is 0 Å². The van der Waals surface area contributed by atoms with Crippen LogP contribution >= 0.6 is 0 Å². The van der Waals surface area contributed by atoms with Crippen molar-refractivity contribution in [3.63, 3.8) is 0 Å². The summed E-state index contributed by atoms with van der Waals surface area (Å²) in [7, 11) is -2.42. The Labute approximate surface area is 199 Å². The maximum absolute atomic E-state index is 12.5. The van der Waals surface area contributed by atoms with Crippen molar-refractivity contribution < 1.29 is 27.6 Å². The molecule has 4 rings (SSSR count). The van der Waals surface area contributed by atoms with Crippen molar-refractivity contribution >= 4 is 16.3 Å². The molecule has 0 bridgehead atoms. The first-order chi connectivity index (χ1) is 15.4. The highest BCUT2D eigenvalue weighted by Crippen LogP contribution is 2.68. The van der Waals surface area contributed by atoms with Gasteiger partial charge in [-0.15, -0.1) is 0 Å². The van der Waals surface area contributed by atoms with Crippen LogP contribution in [0.25, 0.3) is 0 Å². The maximum Gasteiger partial charge on any atom is 0.335 e. The minimum Gasteiger partial charge on any atom is -0.481 e. The summed E-state index contributed by atoms with van der Waals surface area (Å²) in [5.41, 5.74) is 0.197. The number of fused-ring (bicyclic) bond motifs is 5. The molecule has 0 spiro atoms. The number of hydrogen-bond donors (Lipinski definition) is 3. The lowest BCUT2D eigenvalue weighted by Gasteiger charge is -2.62. The Hall–Kier alpha value is -0.700. The summed E-state index contributed by atoms with van der Waals surface area (Å²) >= 11 is 0. The Kier molecular flexibility index (Phi) is 6.98. The molecule has 0 aromatic carbocycles. The maximum atomic E-state index is 12.5. The van der Waals surface area contributed by atoms with Gasteiger partial charge in [0.25, 0.3) is 0 Å². The van der Waals surface area contributed by atoms with Crippen LogP contribution in [0, 0.1) is 46.3 Å². The fraction of sp³-hybridized carbons (Fsp3) is 0.960. The molecule has 33 heavy (non-hydrogen) atoms. The van der Waals surface area contributed by atoms with Crippen LogP contribution < -0.4 is 4.72 Å². The van der Waals surface area contributed by atoms with Gasteiger partial charge in [0.1, 0.15) is 0 Å². The molecule has 3 N–H and O–H groups in total. The van der Waals surface area contributed by atoms with Crippen LogP contribution in [0.3, 0.4) is 0 Å². The van der Waals surface area contributed by atoms with E-state index in [0.29, 0.717) is 36.5 Å². The average Bonchev–Trinajstić information content (AvgIpc) is 3.10. The summed E-state index contributed by atoms with van der Waals surface area (Å²) in [4.78, 5) is 11.2. The van der Waals surface area contributed by atoms with Crippen LogP contribution in [0.15, 0.2) is 0 Å². The Morgan fingerprint density at radius 1 is 1.09 bits per heavy atom. The van der Waals surface area contributed by atoms with E-state index in [4.69, 9.17) is 4.18 Å². The summed E-state index contributed by atoms with van der Waals surface area (Å²) < 4.78 is 33.2. The molecule has 4 fully saturated rings. The van der Waals surface area contributed by atoms with Gasteiger partial charge in [0.2, 0.25) is 0 Å². The molecule has 0 heterocycles. The number of carboxylic acids is 1. The fourth-order valence-electron chi connectivity index (χ4n) is 9.01. The normalized spacial score (nSPS) is 46.2. The van der Waals surface area contributed by atoms with E-state index < -0.39 is 16.3 Å². The van der Waals surface area contributed by atoms with Crippen LogP contribution in [-0.4, -0.2) is 43.9 Å². The number of aliphatic hydroxyl groups is 1. The largest absolute Gasteiger partial charge is 0.481 e. The number of carbonyl (C=O) groups is 1. The Bertz CT molecular complexity index is 848. The van der Waals surface area contributed by atoms with Gasteiger partial charge in [-0.25, -0.2) is 0 Å². The number of aliphatic carboxylic acids is 1. The van der Waals surface area contributed by atoms with Crippen molar-refractivity contribution in [2.24, 2.45) is 46.3 Å². The molecule has 4 saturated carbocycles. The molecule has 0 aromatic heterocycles. The second-order valence-corrected chi connectivity index (χ2v) is 13.6. The standard InChI is InChI=1S/C25H43NO6S/c1-15(5-8-22(28)29)18-6-7-19-23-20(10-12-25(18,19)3)24(2)11-9-17(27)13-16(24)14-21(23)32-33(30,31)26-4/h15-21,23,26-27H,5-14H2,1-4H3,(H,28,29)/t15-,16?,17-,18?,19+,20+,21?,23?,24?,25?/m1/s1. The van der Waals surface area contributed by atoms with Gasteiger partial charge in [0, 0.05) is 13.5 Å². The lowest BCUT2D eigenvalue weighted by Crippen LogP contribution is -2.59. The molecule has 6 unspecified atom stereocenters. The topological polar surface area (TPSA) is 113 Å². The van der Waals surface area contributed by atoms with Crippen molar-refractivity contribution in [1.82, 2.24) is 4.72 Å². The minimum absolute atomic E-state index is 0.0848. The first kappa shape index (κ1) is 25.4. The first-order valence-electron chi connectivity index (χ1n) is 12.9. The molecule has 4 aliphatic rings. The highest BCUT2D eigenvalue weighted by atomic mass is 32.2. The van der Waals surface area contributed by atoms with Crippen molar-refractivity contribution in [2.75, 3.05) is 7.05 Å². The Morgan fingerprint density at radius 3 is 2.42 bits per heavy atom. The minimum atomic E-state index is -3.82. The van der Waals surface area contributed by atoms with Gasteiger partial charge in [0.15, 0.2) is 0 Å². The van der Waals surface area contributed by atoms with Crippen molar-refractivity contribution in [2.45, 2.75) is 97.2 Å². The van der Waals surface area contributed by atoms with Crippen LogP contribution in [0.2, 0.25) is 0 Å². The zero-order valence-corrected chi connectivity index (χ0v) is 21.4. The summed E-state index contributed by atoms with van der Waals surface area (Å²) in [6.45, 7) is 6.97. The third-order valence-electron chi connectivity index (χ3n) is 10.7. The average molecular weight is 486 g/mol. The molecule has 4 aliphatic carbocycles. The van der Waals surface area contributed by atoms with E-state index in [0.717, 1.165) is 44.9 Å². The number of aliphatic hydroxyl groups excluding tert-OH is 1. The number of hydrogen-bond acceptors (Lipinski definition) is 5. The lowest BCUT2D eigenvalue weighted by molar-refractivity contribution is -0.167. The third-order valence-corrected chi connectivity index (χ3v) is 11.7. The predicted octanol–water partition coefficient (Wildman–Crippen LogP) is 3.97. The van der Waals surface area contributed by atoms with Gasteiger partial charge < -0.3 is 10.2 Å². The van der Waals surface area contributed by atoms with Gasteiger partial charge in [-0.1, -0.05) is 20.8 Å². The van der Waals surface area contributed by atoms with Crippen molar-refractivity contribution in [1.29, 1.82) is 0 Å². The Morgan fingerprint density at radius 2 is 1.76 bits per heavy atom. The van der Waals surface area contributed by atoms with Gasteiger partial charge in [0.05, 0.1) is 12.2 Å².